The van der Waals surface area contributed by atoms with Gasteiger partial charge in [0.2, 0.25) is 0 Å². The highest BCUT2D eigenvalue weighted by atomic mass is 16.5. The molecule has 1 N–H and O–H groups in total. The predicted molar refractivity (Wildman–Crippen MR) is 74.3 cm³/mol. The fraction of sp³-hybridized carbons (Fsp3) is 0.500. The standard InChI is InChI=1S/C14H20N2O3/c1-3-15-6-8-16(9-7-15)12-10-11(14(17)18)4-5-13(12)19-2/h4-5,10H,3,6-9H2,1-2H3,(H,17,18). The van der Waals surface area contributed by atoms with E-state index in [-0.39, 0.29) is 0 Å². The molecule has 1 heterocycles. The molecule has 2 rings (SSSR count). The second-order valence-corrected chi connectivity index (χ2v) is 4.61. The molecule has 5 nitrogen and oxygen atoms in total. The number of piperazine rings is 1. The fourth-order valence-corrected chi connectivity index (χ4v) is 2.38. The quantitative estimate of drug-likeness (QED) is 0.894. The maximum absolute atomic E-state index is 11.1. The van der Waals surface area contributed by atoms with E-state index in [0.717, 1.165) is 44.2 Å². The van der Waals surface area contributed by atoms with Crippen LogP contribution in [-0.2, 0) is 0 Å². The molecular weight excluding hydrogens is 244 g/mol. The van der Waals surface area contributed by atoms with Crippen LogP contribution >= 0.6 is 0 Å². The monoisotopic (exact) mass is 264 g/mol. The third kappa shape index (κ3) is 2.98. The molecular formula is C14H20N2O3. The van der Waals surface area contributed by atoms with Gasteiger partial charge >= 0.3 is 5.97 Å². The number of benzene rings is 1. The lowest BCUT2D eigenvalue weighted by Crippen LogP contribution is -2.46. The number of nitrogens with zero attached hydrogens (tertiary/aromatic N) is 2. The van der Waals surface area contributed by atoms with Crippen molar-refractivity contribution in [1.82, 2.24) is 4.90 Å². The number of rotatable bonds is 4. The Bertz CT molecular complexity index is 454. The van der Waals surface area contributed by atoms with Gasteiger partial charge in [-0.3, -0.25) is 0 Å². The summed E-state index contributed by atoms with van der Waals surface area (Å²) in [6.07, 6.45) is 0. The maximum Gasteiger partial charge on any atom is 0.335 e. The van der Waals surface area contributed by atoms with E-state index < -0.39 is 5.97 Å². The molecule has 104 valence electrons. The Labute approximate surface area is 113 Å². The Kier molecular flexibility index (Phi) is 4.27. The van der Waals surface area contributed by atoms with E-state index in [0.29, 0.717) is 5.56 Å². The van der Waals surface area contributed by atoms with Crippen molar-refractivity contribution < 1.29 is 14.6 Å². The molecule has 5 heteroatoms. The van der Waals surface area contributed by atoms with Gasteiger partial charge < -0.3 is 19.6 Å². The first-order valence-electron chi connectivity index (χ1n) is 6.54. The molecule has 0 saturated carbocycles. The van der Waals surface area contributed by atoms with Gasteiger partial charge in [0.15, 0.2) is 0 Å². The van der Waals surface area contributed by atoms with Gasteiger partial charge in [0.05, 0.1) is 18.4 Å². The van der Waals surface area contributed by atoms with Gasteiger partial charge in [-0.1, -0.05) is 6.92 Å². The molecule has 0 aliphatic carbocycles. The predicted octanol–water partition coefficient (Wildman–Crippen LogP) is 1.54. The minimum Gasteiger partial charge on any atom is -0.495 e. The summed E-state index contributed by atoms with van der Waals surface area (Å²) < 4.78 is 5.34. The van der Waals surface area contributed by atoms with Crippen LogP contribution in [0.2, 0.25) is 0 Å². The smallest absolute Gasteiger partial charge is 0.335 e. The van der Waals surface area contributed by atoms with Gasteiger partial charge in [-0.2, -0.15) is 0 Å². The molecule has 1 aromatic carbocycles. The Morgan fingerprint density at radius 1 is 1.32 bits per heavy atom. The van der Waals surface area contributed by atoms with E-state index in [9.17, 15) is 4.79 Å². The summed E-state index contributed by atoms with van der Waals surface area (Å²) in [6, 6.07) is 5.00. The van der Waals surface area contributed by atoms with Crippen molar-refractivity contribution in [2.45, 2.75) is 6.92 Å². The minimum atomic E-state index is -0.906. The zero-order valence-electron chi connectivity index (χ0n) is 11.4. The summed E-state index contributed by atoms with van der Waals surface area (Å²) in [4.78, 5) is 15.6. The summed E-state index contributed by atoms with van der Waals surface area (Å²) in [6.45, 7) is 7.00. The first-order valence-corrected chi connectivity index (χ1v) is 6.54. The molecule has 0 radical (unpaired) electrons. The molecule has 1 aromatic rings. The second-order valence-electron chi connectivity index (χ2n) is 4.61. The third-order valence-electron chi connectivity index (χ3n) is 3.59. The Morgan fingerprint density at radius 2 is 2.00 bits per heavy atom. The zero-order chi connectivity index (χ0) is 13.8. The van der Waals surface area contributed by atoms with Crippen LogP contribution in [0.5, 0.6) is 5.75 Å². The highest BCUT2D eigenvalue weighted by Crippen LogP contribution is 2.30. The van der Waals surface area contributed by atoms with Gasteiger partial charge in [-0.25, -0.2) is 4.79 Å². The molecule has 0 amide bonds. The fourth-order valence-electron chi connectivity index (χ4n) is 2.38. The average Bonchev–Trinajstić information content (AvgIpc) is 2.46. The van der Waals surface area contributed by atoms with E-state index in [1.807, 2.05) is 0 Å². The second kappa shape index (κ2) is 5.93. The summed E-state index contributed by atoms with van der Waals surface area (Å²) in [5, 5.41) is 9.08. The van der Waals surface area contributed by atoms with E-state index in [1.54, 1.807) is 25.3 Å². The third-order valence-corrected chi connectivity index (χ3v) is 3.59. The molecule has 19 heavy (non-hydrogen) atoms. The number of hydrogen-bond acceptors (Lipinski definition) is 4. The van der Waals surface area contributed by atoms with Gasteiger partial charge in [0, 0.05) is 26.2 Å². The molecule has 1 aliphatic rings. The van der Waals surface area contributed by atoms with Crippen molar-refractivity contribution in [3.05, 3.63) is 23.8 Å². The zero-order valence-corrected chi connectivity index (χ0v) is 11.4. The number of carboxylic acid groups (broad SMARTS) is 1. The number of aromatic carboxylic acids is 1. The number of methoxy groups -OCH3 is 1. The van der Waals surface area contributed by atoms with Crippen molar-refractivity contribution in [1.29, 1.82) is 0 Å². The number of carboxylic acids is 1. The highest BCUT2D eigenvalue weighted by molar-refractivity contribution is 5.89. The van der Waals surface area contributed by atoms with E-state index in [2.05, 4.69) is 16.7 Å². The summed E-state index contributed by atoms with van der Waals surface area (Å²) in [5.74, 6) is -0.175. The van der Waals surface area contributed by atoms with E-state index >= 15 is 0 Å². The van der Waals surface area contributed by atoms with Crippen molar-refractivity contribution in [2.24, 2.45) is 0 Å². The van der Waals surface area contributed by atoms with Crippen LogP contribution in [0.3, 0.4) is 0 Å². The lowest BCUT2D eigenvalue weighted by Gasteiger charge is -2.36. The van der Waals surface area contributed by atoms with Crippen LogP contribution in [0.15, 0.2) is 18.2 Å². The van der Waals surface area contributed by atoms with Crippen molar-refractivity contribution in [3.63, 3.8) is 0 Å². The van der Waals surface area contributed by atoms with Crippen LogP contribution in [0, 0.1) is 0 Å². The first-order chi connectivity index (χ1) is 9.15. The van der Waals surface area contributed by atoms with Crippen LogP contribution in [-0.4, -0.2) is 55.8 Å². The number of ether oxygens (including phenoxy) is 1. The SMILES string of the molecule is CCN1CCN(c2cc(C(=O)O)ccc2OC)CC1. The molecule has 0 atom stereocenters. The van der Waals surface area contributed by atoms with Crippen molar-refractivity contribution in [3.8, 4) is 5.75 Å². The maximum atomic E-state index is 11.1. The molecule has 0 spiro atoms. The highest BCUT2D eigenvalue weighted by Gasteiger charge is 2.20. The Balaban J connectivity index is 2.22. The van der Waals surface area contributed by atoms with Crippen LogP contribution in [0.4, 0.5) is 5.69 Å². The molecule has 0 bridgehead atoms. The topological polar surface area (TPSA) is 53.0 Å². The summed E-state index contributed by atoms with van der Waals surface area (Å²) in [7, 11) is 1.61. The summed E-state index contributed by atoms with van der Waals surface area (Å²) in [5.41, 5.74) is 1.17. The van der Waals surface area contributed by atoms with Crippen molar-refractivity contribution >= 4 is 11.7 Å². The molecule has 1 aliphatic heterocycles. The average molecular weight is 264 g/mol. The molecule has 1 fully saturated rings. The number of hydrogen-bond donors (Lipinski definition) is 1. The van der Waals surface area contributed by atoms with E-state index in [4.69, 9.17) is 9.84 Å². The van der Waals surface area contributed by atoms with Gasteiger partial charge in [-0.05, 0) is 24.7 Å². The van der Waals surface area contributed by atoms with Gasteiger partial charge in [-0.15, -0.1) is 0 Å². The summed E-state index contributed by atoms with van der Waals surface area (Å²) >= 11 is 0. The van der Waals surface area contributed by atoms with Crippen molar-refractivity contribution in [2.75, 3.05) is 44.7 Å². The minimum absolute atomic E-state index is 0.300. The first kappa shape index (κ1) is 13.7. The normalized spacial score (nSPS) is 16.4. The van der Waals surface area contributed by atoms with Crippen LogP contribution in [0.25, 0.3) is 0 Å². The largest absolute Gasteiger partial charge is 0.495 e. The number of anilines is 1. The van der Waals surface area contributed by atoms with Gasteiger partial charge in [0.1, 0.15) is 5.75 Å². The van der Waals surface area contributed by atoms with E-state index in [1.165, 1.54) is 0 Å². The van der Waals surface area contributed by atoms with Crippen LogP contribution < -0.4 is 9.64 Å². The Morgan fingerprint density at radius 3 is 2.53 bits per heavy atom. The lowest BCUT2D eigenvalue weighted by atomic mass is 10.1. The number of likely N-dealkylation sites (N-methyl/N-ethyl adjacent to an activating group) is 1. The number of carbonyl (C=O) groups is 1. The van der Waals surface area contributed by atoms with Crippen LogP contribution in [0.1, 0.15) is 17.3 Å². The molecule has 0 unspecified atom stereocenters. The lowest BCUT2D eigenvalue weighted by molar-refractivity contribution is 0.0697. The molecule has 1 saturated heterocycles. The van der Waals surface area contributed by atoms with Gasteiger partial charge in [0.25, 0.3) is 0 Å². The Hall–Kier alpha value is -1.75. The molecule has 0 aromatic heterocycles.